The molecular weight excluding hydrogens is 332 g/mol. The molecule has 0 saturated carbocycles. The lowest BCUT2D eigenvalue weighted by molar-refractivity contribution is -0.117. The summed E-state index contributed by atoms with van der Waals surface area (Å²) in [6.45, 7) is 3.21. The molecule has 1 N–H and O–H groups in total. The molecule has 0 atom stereocenters. The molecule has 6 heteroatoms. The normalized spacial score (nSPS) is 10.1. The van der Waals surface area contributed by atoms with Crippen molar-refractivity contribution in [2.75, 3.05) is 23.9 Å². The Morgan fingerprint density at radius 1 is 0.962 bits per heavy atom. The van der Waals surface area contributed by atoms with Crippen molar-refractivity contribution in [1.82, 2.24) is 0 Å². The lowest BCUT2D eigenvalue weighted by Crippen LogP contribution is -2.31. The number of carbonyl (C=O) groups is 3. The topological polar surface area (TPSA) is 75.7 Å². The Morgan fingerprint density at radius 3 is 2.08 bits per heavy atom. The number of Topliss-reactive ketones (excluding diaryl/α,β-unsaturated/α-hetero) is 1. The Hall–Kier alpha value is -3.15. The van der Waals surface area contributed by atoms with E-state index in [0.29, 0.717) is 22.7 Å². The second kappa shape index (κ2) is 8.80. The third kappa shape index (κ3) is 5.17. The van der Waals surface area contributed by atoms with Crippen LogP contribution in [-0.2, 0) is 9.59 Å². The minimum absolute atomic E-state index is 0.0283. The van der Waals surface area contributed by atoms with Crippen molar-refractivity contribution in [3.8, 4) is 5.75 Å². The SMILES string of the molecule is COc1ccc(N(CCC(=O)Nc2ccc(C(C)=O)cc2)C(C)=O)cc1. The second-order valence-electron chi connectivity index (χ2n) is 5.80. The van der Waals surface area contributed by atoms with Gasteiger partial charge in [0.2, 0.25) is 11.8 Å². The van der Waals surface area contributed by atoms with E-state index in [1.807, 2.05) is 0 Å². The monoisotopic (exact) mass is 354 g/mol. The highest BCUT2D eigenvalue weighted by Gasteiger charge is 2.14. The Labute approximate surface area is 152 Å². The number of ether oxygens (including phenoxy) is 1. The maximum atomic E-state index is 12.2. The molecule has 2 rings (SSSR count). The summed E-state index contributed by atoms with van der Waals surface area (Å²) in [4.78, 5) is 36.9. The minimum Gasteiger partial charge on any atom is -0.497 e. The molecule has 0 aliphatic rings. The van der Waals surface area contributed by atoms with Crippen LogP contribution in [0.3, 0.4) is 0 Å². The van der Waals surface area contributed by atoms with Gasteiger partial charge in [-0.3, -0.25) is 14.4 Å². The summed E-state index contributed by atoms with van der Waals surface area (Å²) < 4.78 is 5.11. The molecule has 0 saturated heterocycles. The molecule has 0 spiro atoms. The summed E-state index contributed by atoms with van der Waals surface area (Å²) in [6.07, 6.45) is 0.153. The average Bonchev–Trinajstić information content (AvgIpc) is 2.62. The van der Waals surface area contributed by atoms with Gasteiger partial charge in [0.05, 0.1) is 7.11 Å². The van der Waals surface area contributed by atoms with E-state index in [9.17, 15) is 14.4 Å². The number of methoxy groups -OCH3 is 1. The van der Waals surface area contributed by atoms with Crippen LogP contribution in [0.25, 0.3) is 0 Å². The van der Waals surface area contributed by atoms with E-state index >= 15 is 0 Å². The van der Waals surface area contributed by atoms with Crippen LogP contribution in [-0.4, -0.2) is 31.3 Å². The zero-order valence-electron chi connectivity index (χ0n) is 15.1. The van der Waals surface area contributed by atoms with Gasteiger partial charge >= 0.3 is 0 Å². The highest BCUT2D eigenvalue weighted by Crippen LogP contribution is 2.20. The molecule has 0 unspecified atom stereocenters. The maximum absolute atomic E-state index is 12.2. The number of rotatable bonds is 7. The van der Waals surface area contributed by atoms with Gasteiger partial charge in [-0.15, -0.1) is 0 Å². The van der Waals surface area contributed by atoms with Crippen molar-refractivity contribution >= 4 is 29.0 Å². The van der Waals surface area contributed by atoms with Gasteiger partial charge in [-0.05, 0) is 55.5 Å². The molecule has 0 radical (unpaired) electrons. The number of benzene rings is 2. The van der Waals surface area contributed by atoms with Crippen LogP contribution in [0.15, 0.2) is 48.5 Å². The number of amides is 2. The Kier molecular flexibility index (Phi) is 6.49. The van der Waals surface area contributed by atoms with Crippen molar-refractivity contribution in [3.05, 3.63) is 54.1 Å². The first-order valence-electron chi connectivity index (χ1n) is 8.23. The molecule has 6 nitrogen and oxygen atoms in total. The average molecular weight is 354 g/mol. The van der Waals surface area contributed by atoms with Gasteiger partial charge in [0.1, 0.15) is 5.75 Å². The quantitative estimate of drug-likeness (QED) is 0.774. The van der Waals surface area contributed by atoms with Crippen LogP contribution < -0.4 is 15.0 Å². The molecule has 26 heavy (non-hydrogen) atoms. The summed E-state index contributed by atoms with van der Waals surface area (Å²) in [5.74, 6) is 0.317. The predicted molar refractivity (Wildman–Crippen MR) is 101 cm³/mol. The highest BCUT2D eigenvalue weighted by atomic mass is 16.5. The second-order valence-corrected chi connectivity index (χ2v) is 5.80. The zero-order chi connectivity index (χ0) is 19.1. The van der Waals surface area contributed by atoms with E-state index in [0.717, 1.165) is 0 Å². The van der Waals surface area contributed by atoms with E-state index in [2.05, 4.69) is 5.32 Å². The first-order chi connectivity index (χ1) is 12.4. The molecule has 0 aliphatic carbocycles. The lowest BCUT2D eigenvalue weighted by atomic mass is 10.1. The summed E-state index contributed by atoms with van der Waals surface area (Å²) >= 11 is 0. The molecule has 0 heterocycles. The minimum atomic E-state index is -0.208. The van der Waals surface area contributed by atoms with Crippen molar-refractivity contribution in [2.24, 2.45) is 0 Å². The molecule has 0 aliphatic heterocycles. The van der Waals surface area contributed by atoms with Crippen molar-refractivity contribution < 1.29 is 19.1 Å². The zero-order valence-corrected chi connectivity index (χ0v) is 15.1. The fourth-order valence-electron chi connectivity index (χ4n) is 2.46. The van der Waals surface area contributed by atoms with E-state index in [1.54, 1.807) is 55.6 Å². The molecule has 0 aromatic heterocycles. The molecule has 2 amide bonds. The van der Waals surface area contributed by atoms with Crippen LogP contribution >= 0.6 is 0 Å². The highest BCUT2D eigenvalue weighted by molar-refractivity contribution is 5.96. The summed E-state index contributed by atoms with van der Waals surface area (Å²) in [5.41, 5.74) is 1.90. The molecule has 136 valence electrons. The summed E-state index contributed by atoms with van der Waals surface area (Å²) in [7, 11) is 1.57. The number of anilines is 2. The smallest absolute Gasteiger partial charge is 0.226 e. The van der Waals surface area contributed by atoms with Crippen LogP contribution in [0.5, 0.6) is 5.75 Å². The molecule has 2 aromatic carbocycles. The van der Waals surface area contributed by atoms with Crippen LogP contribution in [0, 0.1) is 0 Å². The Morgan fingerprint density at radius 2 is 1.58 bits per heavy atom. The number of carbonyl (C=O) groups excluding carboxylic acids is 3. The lowest BCUT2D eigenvalue weighted by Gasteiger charge is -2.21. The van der Waals surface area contributed by atoms with Crippen LogP contribution in [0.4, 0.5) is 11.4 Å². The van der Waals surface area contributed by atoms with E-state index in [4.69, 9.17) is 4.74 Å². The Balaban J connectivity index is 1.96. The maximum Gasteiger partial charge on any atom is 0.226 e. The predicted octanol–water partition coefficient (Wildman–Crippen LogP) is 3.28. The summed E-state index contributed by atoms with van der Waals surface area (Å²) in [5, 5.41) is 2.76. The fourth-order valence-corrected chi connectivity index (χ4v) is 2.46. The summed E-state index contributed by atoms with van der Waals surface area (Å²) in [6, 6.07) is 13.8. The largest absolute Gasteiger partial charge is 0.497 e. The van der Waals surface area contributed by atoms with E-state index in [-0.39, 0.29) is 30.6 Å². The van der Waals surface area contributed by atoms with Crippen molar-refractivity contribution in [2.45, 2.75) is 20.3 Å². The molecule has 0 bridgehead atoms. The third-order valence-electron chi connectivity index (χ3n) is 3.90. The third-order valence-corrected chi connectivity index (χ3v) is 3.90. The number of nitrogens with zero attached hydrogens (tertiary/aromatic N) is 1. The number of hydrogen-bond donors (Lipinski definition) is 1. The van der Waals surface area contributed by atoms with Gasteiger partial charge in [0.25, 0.3) is 0 Å². The van der Waals surface area contributed by atoms with Crippen LogP contribution in [0.1, 0.15) is 30.6 Å². The first kappa shape index (κ1) is 19.2. The fraction of sp³-hybridized carbons (Fsp3) is 0.250. The van der Waals surface area contributed by atoms with Gasteiger partial charge in [0.15, 0.2) is 5.78 Å². The number of hydrogen-bond acceptors (Lipinski definition) is 4. The Bertz CT molecular complexity index is 782. The van der Waals surface area contributed by atoms with Gasteiger partial charge < -0.3 is 15.0 Å². The van der Waals surface area contributed by atoms with E-state index in [1.165, 1.54) is 18.7 Å². The molecule has 2 aromatic rings. The number of nitrogens with one attached hydrogen (secondary N) is 1. The first-order valence-corrected chi connectivity index (χ1v) is 8.23. The number of ketones is 1. The van der Waals surface area contributed by atoms with Gasteiger partial charge in [0, 0.05) is 36.8 Å². The standard InChI is InChI=1S/C20H22N2O4/c1-14(23)16-4-6-17(7-5-16)21-20(25)12-13-22(15(2)24)18-8-10-19(26-3)11-9-18/h4-11H,12-13H2,1-3H3,(H,21,25). The van der Waals surface area contributed by atoms with Gasteiger partial charge in [-0.2, -0.15) is 0 Å². The van der Waals surface area contributed by atoms with Crippen molar-refractivity contribution in [3.63, 3.8) is 0 Å². The van der Waals surface area contributed by atoms with E-state index < -0.39 is 0 Å². The van der Waals surface area contributed by atoms with Gasteiger partial charge in [-0.25, -0.2) is 0 Å². The van der Waals surface area contributed by atoms with Crippen LogP contribution in [0.2, 0.25) is 0 Å². The van der Waals surface area contributed by atoms with Gasteiger partial charge in [-0.1, -0.05) is 0 Å². The van der Waals surface area contributed by atoms with Crippen molar-refractivity contribution in [1.29, 1.82) is 0 Å². The molecular formula is C20H22N2O4. The molecule has 0 fully saturated rings.